The lowest BCUT2D eigenvalue weighted by Crippen LogP contribution is -2.19. The van der Waals surface area contributed by atoms with Crippen molar-refractivity contribution in [3.63, 3.8) is 0 Å². The Morgan fingerprint density at radius 1 is 1.46 bits per heavy atom. The van der Waals surface area contributed by atoms with Crippen LogP contribution in [-0.2, 0) is 16.1 Å². The Balaban J connectivity index is 1.62. The molecule has 3 heterocycles. The van der Waals surface area contributed by atoms with Crippen molar-refractivity contribution in [2.24, 2.45) is 0 Å². The van der Waals surface area contributed by atoms with Gasteiger partial charge in [-0.25, -0.2) is 9.67 Å². The Labute approximate surface area is 158 Å². The summed E-state index contributed by atoms with van der Waals surface area (Å²) in [6, 6.07) is 2.01. The zero-order chi connectivity index (χ0) is 18.7. The van der Waals surface area contributed by atoms with E-state index < -0.39 is 0 Å². The Kier molecular flexibility index (Phi) is 6.03. The van der Waals surface area contributed by atoms with Crippen molar-refractivity contribution in [3.8, 4) is 0 Å². The van der Waals surface area contributed by atoms with Crippen molar-refractivity contribution in [2.75, 3.05) is 17.7 Å². The highest BCUT2D eigenvalue weighted by Crippen LogP contribution is 2.24. The molecule has 2 aromatic heterocycles. The first-order valence-corrected chi connectivity index (χ1v) is 10.1. The average molecular weight is 378 g/mol. The van der Waals surface area contributed by atoms with Gasteiger partial charge in [0.25, 0.3) is 0 Å². The van der Waals surface area contributed by atoms with Crippen LogP contribution in [-0.4, -0.2) is 43.7 Å². The van der Waals surface area contributed by atoms with E-state index >= 15 is 0 Å². The fourth-order valence-electron chi connectivity index (χ4n) is 3.07. The summed E-state index contributed by atoms with van der Waals surface area (Å²) < 4.78 is 9.74. The van der Waals surface area contributed by atoms with Crippen LogP contribution in [0.4, 0.5) is 5.82 Å². The van der Waals surface area contributed by atoms with Gasteiger partial charge < -0.3 is 14.6 Å². The average Bonchev–Trinajstić information content (AvgIpc) is 3.31. The Hall–Kier alpha value is -1.80. The standard InChI is InChI=1S/C18H27N5O2S/c1-12(2)23-16(7-8-19-23)21-17(24)11-26-18-20-13(3)14(4)22(18)10-15-6-5-9-25-15/h7-8,12,15H,5-6,9-11H2,1-4H3,(H,21,24)/t15-/m0/s1. The fourth-order valence-corrected chi connectivity index (χ4v) is 3.98. The van der Waals surface area contributed by atoms with Crippen LogP contribution in [0.3, 0.4) is 0 Å². The summed E-state index contributed by atoms with van der Waals surface area (Å²) in [5.74, 6) is 0.977. The second kappa shape index (κ2) is 8.26. The number of anilines is 1. The lowest BCUT2D eigenvalue weighted by molar-refractivity contribution is -0.113. The third-order valence-corrected chi connectivity index (χ3v) is 5.57. The summed E-state index contributed by atoms with van der Waals surface area (Å²) in [4.78, 5) is 17.0. The number of nitrogens with zero attached hydrogens (tertiary/aromatic N) is 4. The summed E-state index contributed by atoms with van der Waals surface area (Å²) in [6.07, 6.45) is 4.15. The number of carbonyl (C=O) groups excluding carboxylic acids is 1. The van der Waals surface area contributed by atoms with Crippen LogP contribution in [0.5, 0.6) is 0 Å². The Morgan fingerprint density at radius 2 is 2.27 bits per heavy atom. The van der Waals surface area contributed by atoms with Gasteiger partial charge in [-0.3, -0.25) is 4.79 Å². The molecule has 7 nitrogen and oxygen atoms in total. The molecule has 1 aliphatic heterocycles. The molecule has 3 rings (SSSR count). The third kappa shape index (κ3) is 4.29. The molecule has 0 spiro atoms. The van der Waals surface area contributed by atoms with Gasteiger partial charge in [0, 0.05) is 24.4 Å². The maximum absolute atomic E-state index is 12.4. The van der Waals surface area contributed by atoms with Crippen LogP contribution < -0.4 is 5.32 Å². The maximum atomic E-state index is 12.4. The molecule has 0 saturated carbocycles. The molecule has 2 aromatic rings. The largest absolute Gasteiger partial charge is 0.376 e. The number of rotatable bonds is 7. The summed E-state index contributed by atoms with van der Waals surface area (Å²) in [5, 5.41) is 8.05. The number of hydrogen-bond donors (Lipinski definition) is 1. The van der Waals surface area contributed by atoms with Crippen LogP contribution in [0.25, 0.3) is 0 Å². The van der Waals surface area contributed by atoms with Gasteiger partial charge in [0.15, 0.2) is 5.16 Å². The number of nitrogens with one attached hydrogen (secondary N) is 1. The van der Waals surface area contributed by atoms with E-state index in [0.717, 1.165) is 48.4 Å². The normalized spacial score (nSPS) is 17.2. The molecule has 0 radical (unpaired) electrons. The van der Waals surface area contributed by atoms with Crippen LogP contribution in [0.2, 0.25) is 0 Å². The minimum atomic E-state index is -0.0561. The molecule has 1 aliphatic rings. The first-order valence-electron chi connectivity index (χ1n) is 9.07. The van der Waals surface area contributed by atoms with Crippen LogP contribution in [0, 0.1) is 13.8 Å². The summed E-state index contributed by atoms with van der Waals surface area (Å²) in [5.41, 5.74) is 2.14. The second-order valence-electron chi connectivity index (χ2n) is 6.90. The number of hydrogen-bond acceptors (Lipinski definition) is 5. The summed E-state index contributed by atoms with van der Waals surface area (Å²) >= 11 is 1.46. The highest BCUT2D eigenvalue weighted by molar-refractivity contribution is 7.99. The number of aromatic nitrogens is 4. The van der Waals surface area contributed by atoms with E-state index in [9.17, 15) is 4.79 Å². The first-order chi connectivity index (χ1) is 12.5. The number of amides is 1. The van der Waals surface area contributed by atoms with Crippen molar-refractivity contribution in [1.82, 2.24) is 19.3 Å². The Morgan fingerprint density at radius 3 is 2.96 bits per heavy atom. The van der Waals surface area contributed by atoms with E-state index in [2.05, 4.69) is 26.9 Å². The predicted molar refractivity (Wildman–Crippen MR) is 103 cm³/mol. The molecular formula is C18H27N5O2S. The van der Waals surface area contributed by atoms with Gasteiger partial charge in [0.2, 0.25) is 5.91 Å². The zero-order valence-electron chi connectivity index (χ0n) is 15.9. The third-order valence-electron chi connectivity index (χ3n) is 4.59. The van der Waals surface area contributed by atoms with E-state index in [4.69, 9.17) is 4.74 Å². The first kappa shape index (κ1) is 19.0. The van der Waals surface area contributed by atoms with Crippen LogP contribution >= 0.6 is 11.8 Å². The van der Waals surface area contributed by atoms with E-state index in [1.54, 1.807) is 10.9 Å². The molecule has 1 atom stereocenters. The van der Waals surface area contributed by atoms with Gasteiger partial charge in [0.1, 0.15) is 5.82 Å². The number of thioether (sulfide) groups is 1. The van der Waals surface area contributed by atoms with E-state index in [0.29, 0.717) is 5.75 Å². The number of imidazole rings is 1. The lowest BCUT2D eigenvalue weighted by Gasteiger charge is -2.15. The topological polar surface area (TPSA) is 74.0 Å². The summed E-state index contributed by atoms with van der Waals surface area (Å²) in [6.45, 7) is 9.79. The van der Waals surface area contributed by atoms with E-state index in [-0.39, 0.29) is 18.1 Å². The van der Waals surface area contributed by atoms with E-state index in [1.807, 2.05) is 26.8 Å². The highest BCUT2D eigenvalue weighted by Gasteiger charge is 2.21. The minimum absolute atomic E-state index is 0.0561. The van der Waals surface area contributed by atoms with E-state index in [1.165, 1.54) is 11.8 Å². The molecule has 8 heteroatoms. The SMILES string of the molecule is Cc1nc(SCC(=O)Nc2ccnn2C(C)C)n(C[C@@H]2CCCO2)c1C. The molecule has 1 amide bonds. The number of aryl methyl sites for hydroxylation is 1. The van der Waals surface area contributed by atoms with Gasteiger partial charge >= 0.3 is 0 Å². The molecule has 1 fully saturated rings. The quantitative estimate of drug-likeness (QED) is 0.750. The lowest BCUT2D eigenvalue weighted by atomic mass is 10.2. The van der Waals surface area contributed by atoms with Crippen molar-refractivity contribution >= 4 is 23.5 Å². The van der Waals surface area contributed by atoms with Gasteiger partial charge in [0.05, 0.1) is 30.3 Å². The zero-order valence-corrected chi connectivity index (χ0v) is 16.7. The molecule has 1 N–H and O–H groups in total. The molecule has 0 aliphatic carbocycles. The number of ether oxygens (including phenoxy) is 1. The molecule has 1 saturated heterocycles. The highest BCUT2D eigenvalue weighted by atomic mass is 32.2. The Bertz CT molecular complexity index is 762. The fraction of sp³-hybridized carbons (Fsp3) is 0.611. The number of carbonyl (C=O) groups is 1. The second-order valence-corrected chi connectivity index (χ2v) is 7.84. The van der Waals surface area contributed by atoms with Crippen LogP contribution in [0.15, 0.2) is 17.4 Å². The van der Waals surface area contributed by atoms with Gasteiger partial charge in [-0.1, -0.05) is 11.8 Å². The molecule has 26 heavy (non-hydrogen) atoms. The molecule has 0 unspecified atom stereocenters. The van der Waals surface area contributed by atoms with Crippen molar-refractivity contribution < 1.29 is 9.53 Å². The van der Waals surface area contributed by atoms with Crippen molar-refractivity contribution in [1.29, 1.82) is 0 Å². The molecular weight excluding hydrogens is 350 g/mol. The van der Waals surface area contributed by atoms with Crippen LogP contribution in [0.1, 0.15) is 44.1 Å². The summed E-state index contributed by atoms with van der Waals surface area (Å²) in [7, 11) is 0. The van der Waals surface area contributed by atoms with Crippen molar-refractivity contribution in [2.45, 2.75) is 64.4 Å². The van der Waals surface area contributed by atoms with Gasteiger partial charge in [-0.05, 0) is 40.5 Å². The predicted octanol–water partition coefficient (Wildman–Crippen LogP) is 3.19. The van der Waals surface area contributed by atoms with Gasteiger partial charge in [-0.2, -0.15) is 5.10 Å². The monoisotopic (exact) mass is 377 g/mol. The molecule has 0 aromatic carbocycles. The molecule has 142 valence electrons. The maximum Gasteiger partial charge on any atom is 0.235 e. The van der Waals surface area contributed by atoms with Crippen molar-refractivity contribution in [3.05, 3.63) is 23.7 Å². The molecule has 0 bridgehead atoms. The minimum Gasteiger partial charge on any atom is -0.376 e. The van der Waals surface area contributed by atoms with Gasteiger partial charge in [-0.15, -0.1) is 0 Å². The smallest absolute Gasteiger partial charge is 0.235 e.